The molecule has 13 heavy (non-hydrogen) atoms. The predicted octanol–water partition coefficient (Wildman–Crippen LogP) is 1.33. The Morgan fingerprint density at radius 2 is 2.38 bits per heavy atom. The molecule has 0 unspecified atom stereocenters. The van der Waals surface area contributed by atoms with Crippen LogP contribution in [-0.4, -0.2) is 17.5 Å². The van der Waals surface area contributed by atoms with Gasteiger partial charge in [0.1, 0.15) is 11.5 Å². The zero-order valence-corrected chi connectivity index (χ0v) is 7.27. The second-order valence-corrected chi connectivity index (χ2v) is 3.51. The number of carbonyl (C=O) groups excluding carboxylic acids is 1. The number of hydrogen-bond donors (Lipinski definition) is 1. The Morgan fingerprint density at radius 3 is 3.00 bits per heavy atom. The number of aliphatic hydroxyl groups excluding tert-OH is 1. The Labute approximate surface area is 76.4 Å². The summed E-state index contributed by atoms with van der Waals surface area (Å²) >= 11 is 0. The van der Waals surface area contributed by atoms with Gasteiger partial charge >= 0.3 is 0 Å². The SMILES string of the molecule is O=C1C[C@H](CO)[C@H](c2ccco2)C1. The standard InChI is InChI=1S/C10H12O3/c11-6-7-4-8(12)5-9(7)10-2-1-3-13-10/h1-3,7,9,11H,4-6H2/t7-,9-/m1/s1. The van der Waals surface area contributed by atoms with Gasteiger partial charge in [-0.05, 0) is 18.1 Å². The van der Waals surface area contributed by atoms with Gasteiger partial charge in [0.05, 0.1) is 6.26 Å². The lowest BCUT2D eigenvalue weighted by molar-refractivity contribution is -0.117. The van der Waals surface area contributed by atoms with E-state index in [2.05, 4.69) is 0 Å². The third-order valence-corrected chi connectivity index (χ3v) is 2.65. The van der Waals surface area contributed by atoms with Crippen molar-refractivity contribution in [3.05, 3.63) is 24.2 Å². The van der Waals surface area contributed by atoms with E-state index in [0.29, 0.717) is 12.8 Å². The topological polar surface area (TPSA) is 50.4 Å². The molecule has 3 heteroatoms. The van der Waals surface area contributed by atoms with Crippen molar-refractivity contribution in [2.75, 3.05) is 6.61 Å². The van der Waals surface area contributed by atoms with Crippen LogP contribution < -0.4 is 0 Å². The molecule has 0 aliphatic heterocycles. The number of aliphatic hydroxyl groups is 1. The van der Waals surface area contributed by atoms with Gasteiger partial charge in [-0.15, -0.1) is 0 Å². The van der Waals surface area contributed by atoms with Crippen LogP contribution in [-0.2, 0) is 4.79 Å². The lowest BCUT2D eigenvalue weighted by atomic mass is 9.95. The molecule has 0 saturated heterocycles. The van der Waals surface area contributed by atoms with Crippen LogP contribution in [0.15, 0.2) is 22.8 Å². The van der Waals surface area contributed by atoms with Crippen molar-refractivity contribution in [2.24, 2.45) is 5.92 Å². The molecule has 1 fully saturated rings. The molecular formula is C10H12O3. The molecule has 1 aliphatic rings. The first-order valence-electron chi connectivity index (χ1n) is 4.47. The maximum atomic E-state index is 11.2. The largest absolute Gasteiger partial charge is 0.469 e. The average Bonchev–Trinajstić information content (AvgIpc) is 2.71. The fourth-order valence-electron chi connectivity index (χ4n) is 1.96. The van der Waals surface area contributed by atoms with Crippen LogP contribution >= 0.6 is 0 Å². The highest BCUT2D eigenvalue weighted by Crippen LogP contribution is 2.37. The van der Waals surface area contributed by atoms with Crippen LogP contribution in [0.4, 0.5) is 0 Å². The Bertz CT molecular complexity index is 289. The van der Waals surface area contributed by atoms with E-state index < -0.39 is 0 Å². The van der Waals surface area contributed by atoms with Gasteiger partial charge in [-0.2, -0.15) is 0 Å². The molecule has 0 amide bonds. The van der Waals surface area contributed by atoms with Gasteiger partial charge in [0.15, 0.2) is 0 Å². The number of ketones is 1. The zero-order chi connectivity index (χ0) is 9.26. The van der Waals surface area contributed by atoms with Gasteiger partial charge in [0.2, 0.25) is 0 Å². The van der Waals surface area contributed by atoms with Crippen LogP contribution in [0, 0.1) is 5.92 Å². The maximum Gasteiger partial charge on any atom is 0.134 e. The molecule has 2 atom stereocenters. The van der Waals surface area contributed by atoms with Crippen molar-refractivity contribution in [3.8, 4) is 0 Å². The lowest BCUT2D eigenvalue weighted by Gasteiger charge is -2.12. The summed E-state index contributed by atoms with van der Waals surface area (Å²) in [4.78, 5) is 11.2. The van der Waals surface area contributed by atoms with E-state index in [1.807, 2.05) is 12.1 Å². The van der Waals surface area contributed by atoms with E-state index in [4.69, 9.17) is 9.52 Å². The molecule has 1 aromatic heterocycles. The number of Topliss-reactive ketones (excluding diaryl/α,β-unsaturated/α-hetero) is 1. The molecule has 1 heterocycles. The summed E-state index contributed by atoms with van der Waals surface area (Å²) in [6, 6.07) is 3.68. The summed E-state index contributed by atoms with van der Waals surface area (Å²) in [5, 5.41) is 9.06. The maximum absolute atomic E-state index is 11.2. The van der Waals surface area contributed by atoms with Crippen molar-refractivity contribution in [1.82, 2.24) is 0 Å². The first-order chi connectivity index (χ1) is 6.31. The molecule has 0 spiro atoms. The second kappa shape index (κ2) is 3.34. The summed E-state index contributed by atoms with van der Waals surface area (Å²) in [5.41, 5.74) is 0. The second-order valence-electron chi connectivity index (χ2n) is 3.51. The first kappa shape index (κ1) is 8.51. The van der Waals surface area contributed by atoms with Crippen LogP contribution in [0.25, 0.3) is 0 Å². The molecule has 0 radical (unpaired) electrons. The third kappa shape index (κ3) is 1.52. The van der Waals surface area contributed by atoms with Gasteiger partial charge in [-0.25, -0.2) is 0 Å². The van der Waals surface area contributed by atoms with Gasteiger partial charge in [-0.1, -0.05) is 0 Å². The summed E-state index contributed by atoms with van der Waals surface area (Å²) in [6.07, 6.45) is 2.60. The highest BCUT2D eigenvalue weighted by Gasteiger charge is 2.34. The average molecular weight is 180 g/mol. The van der Waals surface area contributed by atoms with Gasteiger partial charge < -0.3 is 9.52 Å². The minimum absolute atomic E-state index is 0.0543. The Balaban J connectivity index is 2.19. The van der Waals surface area contributed by atoms with Crippen LogP contribution in [0.3, 0.4) is 0 Å². The van der Waals surface area contributed by atoms with E-state index >= 15 is 0 Å². The minimum Gasteiger partial charge on any atom is -0.469 e. The lowest BCUT2D eigenvalue weighted by Crippen LogP contribution is -2.09. The minimum atomic E-state index is 0.0543. The highest BCUT2D eigenvalue weighted by molar-refractivity contribution is 5.82. The Kier molecular flexibility index (Phi) is 2.19. The number of carbonyl (C=O) groups is 1. The molecule has 1 aliphatic carbocycles. The molecule has 1 saturated carbocycles. The molecule has 70 valence electrons. The van der Waals surface area contributed by atoms with Crippen LogP contribution in [0.2, 0.25) is 0 Å². The highest BCUT2D eigenvalue weighted by atomic mass is 16.3. The molecule has 3 nitrogen and oxygen atoms in total. The number of rotatable bonds is 2. The molecule has 0 bridgehead atoms. The fraction of sp³-hybridized carbons (Fsp3) is 0.500. The Hall–Kier alpha value is -1.09. The summed E-state index contributed by atoms with van der Waals surface area (Å²) in [7, 11) is 0. The normalized spacial score (nSPS) is 28.2. The van der Waals surface area contributed by atoms with E-state index in [9.17, 15) is 4.79 Å². The molecule has 1 N–H and O–H groups in total. The summed E-state index contributed by atoms with van der Waals surface area (Å²) < 4.78 is 5.23. The number of furan rings is 1. The van der Waals surface area contributed by atoms with Crippen molar-refractivity contribution in [2.45, 2.75) is 18.8 Å². The third-order valence-electron chi connectivity index (χ3n) is 2.65. The van der Waals surface area contributed by atoms with Crippen molar-refractivity contribution >= 4 is 5.78 Å². The molecule has 0 aromatic carbocycles. The van der Waals surface area contributed by atoms with E-state index in [-0.39, 0.29) is 24.2 Å². The summed E-state index contributed by atoms with van der Waals surface area (Å²) in [5.74, 6) is 1.19. The first-order valence-corrected chi connectivity index (χ1v) is 4.47. The van der Waals surface area contributed by atoms with Crippen LogP contribution in [0.5, 0.6) is 0 Å². The summed E-state index contributed by atoms with van der Waals surface area (Å²) in [6.45, 7) is 0.0666. The molecule has 1 aromatic rings. The monoisotopic (exact) mass is 180 g/mol. The predicted molar refractivity (Wildman–Crippen MR) is 46.3 cm³/mol. The van der Waals surface area contributed by atoms with Crippen LogP contribution in [0.1, 0.15) is 24.5 Å². The molecular weight excluding hydrogens is 168 g/mol. The fourth-order valence-corrected chi connectivity index (χ4v) is 1.96. The molecule has 2 rings (SSSR count). The van der Waals surface area contributed by atoms with Gasteiger partial charge in [-0.3, -0.25) is 4.79 Å². The van der Waals surface area contributed by atoms with E-state index in [1.54, 1.807) is 6.26 Å². The zero-order valence-electron chi connectivity index (χ0n) is 7.27. The van der Waals surface area contributed by atoms with E-state index in [0.717, 1.165) is 5.76 Å². The Morgan fingerprint density at radius 1 is 1.54 bits per heavy atom. The quantitative estimate of drug-likeness (QED) is 0.747. The van der Waals surface area contributed by atoms with Gasteiger partial charge in [0.25, 0.3) is 0 Å². The number of hydrogen-bond acceptors (Lipinski definition) is 3. The van der Waals surface area contributed by atoms with E-state index in [1.165, 1.54) is 0 Å². The van der Waals surface area contributed by atoms with Crippen molar-refractivity contribution < 1.29 is 14.3 Å². The van der Waals surface area contributed by atoms with Gasteiger partial charge in [0, 0.05) is 25.4 Å². The van der Waals surface area contributed by atoms with Crippen molar-refractivity contribution in [1.29, 1.82) is 0 Å². The smallest absolute Gasteiger partial charge is 0.134 e. The van der Waals surface area contributed by atoms with Crippen molar-refractivity contribution in [3.63, 3.8) is 0 Å².